The third kappa shape index (κ3) is 9.33. The first kappa shape index (κ1) is 14.8. The number of hydrogen-bond acceptors (Lipinski definition) is 2. The summed E-state index contributed by atoms with van der Waals surface area (Å²) in [5.41, 5.74) is 0. The number of rotatable bonds is 5. The van der Waals surface area contributed by atoms with Crippen LogP contribution in [0.1, 0.15) is 40.0 Å². The molecule has 0 aromatic heterocycles. The fourth-order valence-electron chi connectivity index (χ4n) is 1.10. The molecule has 2 heteroatoms. The first-order chi connectivity index (χ1) is 7.56. The summed E-state index contributed by atoms with van der Waals surface area (Å²) in [4.78, 5) is 10.8. The lowest BCUT2D eigenvalue weighted by Gasteiger charge is -1.99. The van der Waals surface area contributed by atoms with E-state index < -0.39 is 0 Å². The van der Waals surface area contributed by atoms with Crippen molar-refractivity contribution in [2.45, 2.75) is 40.0 Å². The fraction of sp³-hybridized carbons (Fsp3) is 0.643. The summed E-state index contributed by atoms with van der Waals surface area (Å²) in [5.74, 6) is 7.05. The lowest BCUT2D eigenvalue weighted by Crippen LogP contribution is -1.94. The molecule has 0 rings (SSSR count). The number of ether oxygens (including phenoxy) is 1. The van der Waals surface area contributed by atoms with Crippen molar-refractivity contribution in [2.75, 3.05) is 7.11 Å². The van der Waals surface area contributed by atoms with E-state index in [0.717, 1.165) is 19.3 Å². The van der Waals surface area contributed by atoms with Gasteiger partial charge in [-0.1, -0.05) is 32.8 Å². The van der Waals surface area contributed by atoms with Crippen molar-refractivity contribution in [3.8, 4) is 11.8 Å². The van der Waals surface area contributed by atoms with Gasteiger partial charge < -0.3 is 4.74 Å². The largest absolute Gasteiger partial charge is 0.466 e. The van der Waals surface area contributed by atoms with E-state index in [2.05, 4.69) is 37.3 Å². The Morgan fingerprint density at radius 2 is 2.06 bits per heavy atom. The van der Waals surface area contributed by atoms with Gasteiger partial charge in [0.15, 0.2) is 0 Å². The van der Waals surface area contributed by atoms with E-state index in [1.54, 1.807) is 0 Å². The van der Waals surface area contributed by atoms with E-state index >= 15 is 0 Å². The number of hydrogen-bond donors (Lipinski definition) is 0. The maximum atomic E-state index is 10.8. The molecule has 0 saturated heterocycles. The number of carbonyl (C=O) groups is 1. The Kier molecular flexibility index (Phi) is 8.34. The lowest BCUT2D eigenvalue weighted by atomic mass is 10.1. The van der Waals surface area contributed by atoms with Crippen molar-refractivity contribution in [3.05, 3.63) is 12.2 Å². The van der Waals surface area contributed by atoms with Crippen molar-refractivity contribution in [1.82, 2.24) is 0 Å². The van der Waals surface area contributed by atoms with E-state index in [1.165, 1.54) is 13.2 Å². The SMILES string of the molecule is COC(=O)/C=C/CC(C)C#CCCC(C)C. The van der Waals surface area contributed by atoms with Gasteiger partial charge in [-0.05, 0) is 18.8 Å². The summed E-state index contributed by atoms with van der Waals surface area (Å²) >= 11 is 0. The highest BCUT2D eigenvalue weighted by molar-refractivity contribution is 5.81. The van der Waals surface area contributed by atoms with E-state index in [9.17, 15) is 4.79 Å². The third-order valence-electron chi connectivity index (χ3n) is 2.14. The second kappa shape index (κ2) is 9.03. The van der Waals surface area contributed by atoms with Gasteiger partial charge in [0.1, 0.15) is 0 Å². The minimum absolute atomic E-state index is 0.299. The first-order valence-electron chi connectivity index (χ1n) is 5.79. The molecule has 90 valence electrons. The van der Waals surface area contributed by atoms with E-state index in [-0.39, 0.29) is 5.97 Å². The van der Waals surface area contributed by atoms with Crippen molar-refractivity contribution < 1.29 is 9.53 Å². The van der Waals surface area contributed by atoms with Crippen LogP contribution in [0.2, 0.25) is 0 Å². The smallest absolute Gasteiger partial charge is 0.330 e. The summed E-state index contributed by atoms with van der Waals surface area (Å²) < 4.78 is 4.50. The van der Waals surface area contributed by atoms with Gasteiger partial charge in [-0.15, -0.1) is 5.92 Å². The predicted molar refractivity (Wildman–Crippen MR) is 66.8 cm³/mol. The molecular formula is C14H22O2. The molecule has 2 nitrogen and oxygen atoms in total. The summed E-state index contributed by atoms with van der Waals surface area (Å²) in [7, 11) is 1.38. The predicted octanol–water partition coefficient (Wildman–Crippen LogP) is 3.18. The molecule has 1 atom stereocenters. The minimum atomic E-state index is -0.306. The molecule has 1 unspecified atom stereocenters. The van der Waals surface area contributed by atoms with E-state index in [0.29, 0.717) is 11.8 Å². The average Bonchev–Trinajstić information content (AvgIpc) is 2.24. The van der Waals surface area contributed by atoms with Crippen LogP contribution in [0, 0.1) is 23.7 Å². The zero-order chi connectivity index (χ0) is 12.4. The van der Waals surface area contributed by atoms with Gasteiger partial charge in [0.25, 0.3) is 0 Å². The van der Waals surface area contributed by atoms with Crippen molar-refractivity contribution >= 4 is 5.97 Å². The molecule has 16 heavy (non-hydrogen) atoms. The lowest BCUT2D eigenvalue weighted by molar-refractivity contribution is -0.134. The highest BCUT2D eigenvalue weighted by atomic mass is 16.5. The summed E-state index contributed by atoms with van der Waals surface area (Å²) in [6.07, 6.45) is 6.17. The number of methoxy groups -OCH3 is 1. The second-order valence-electron chi connectivity index (χ2n) is 4.32. The van der Waals surface area contributed by atoms with Gasteiger partial charge in [0.2, 0.25) is 0 Å². The first-order valence-corrected chi connectivity index (χ1v) is 5.79. The fourth-order valence-corrected chi connectivity index (χ4v) is 1.10. The van der Waals surface area contributed by atoms with Crippen LogP contribution in [-0.2, 0) is 9.53 Å². The zero-order valence-corrected chi connectivity index (χ0v) is 10.7. The molecule has 0 aromatic carbocycles. The molecule has 0 aliphatic rings. The Bertz CT molecular complexity index is 279. The minimum Gasteiger partial charge on any atom is -0.466 e. The van der Waals surface area contributed by atoms with Crippen molar-refractivity contribution in [2.24, 2.45) is 11.8 Å². The van der Waals surface area contributed by atoms with Gasteiger partial charge in [0, 0.05) is 18.4 Å². The zero-order valence-electron chi connectivity index (χ0n) is 10.7. The second-order valence-corrected chi connectivity index (χ2v) is 4.32. The maximum Gasteiger partial charge on any atom is 0.330 e. The molecular weight excluding hydrogens is 200 g/mol. The van der Waals surface area contributed by atoms with Crippen LogP contribution in [0.15, 0.2) is 12.2 Å². The maximum absolute atomic E-state index is 10.8. The molecule has 0 amide bonds. The van der Waals surface area contributed by atoms with E-state index in [1.807, 2.05) is 6.08 Å². The van der Waals surface area contributed by atoms with Crippen LogP contribution in [0.25, 0.3) is 0 Å². The van der Waals surface area contributed by atoms with E-state index in [4.69, 9.17) is 0 Å². The molecule has 0 fully saturated rings. The van der Waals surface area contributed by atoms with Gasteiger partial charge in [-0.25, -0.2) is 4.79 Å². The number of carbonyl (C=O) groups excluding carboxylic acids is 1. The van der Waals surface area contributed by atoms with Crippen LogP contribution in [0.4, 0.5) is 0 Å². The molecule has 0 radical (unpaired) electrons. The van der Waals surface area contributed by atoms with Gasteiger partial charge >= 0.3 is 5.97 Å². The normalized spacial score (nSPS) is 12.3. The summed E-state index contributed by atoms with van der Waals surface area (Å²) in [6.45, 7) is 6.46. The summed E-state index contributed by atoms with van der Waals surface area (Å²) in [5, 5.41) is 0. The molecule has 0 N–H and O–H groups in total. The van der Waals surface area contributed by atoms with Crippen molar-refractivity contribution in [3.63, 3.8) is 0 Å². The molecule has 0 aliphatic carbocycles. The van der Waals surface area contributed by atoms with Gasteiger partial charge in [-0.3, -0.25) is 0 Å². The Morgan fingerprint density at radius 3 is 2.62 bits per heavy atom. The number of esters is 1. The molecule has 0 aromatic rings. The molecule has 0 saturated carbocycles. The Morgan fingerprint density at radius 1 is 1.38 bits per heavy atom. The molecule has 0 heterocycles. The topological polar surface area (TPSA) is 26.3 Å². The molecule has 0 aliphatic heterocycles. The molecule has 0 spiro atoms. The monoisotopic (exact) mass is 222 g/mol. The average molecular weight is 222 g/mol. The Hall–Kier alpha value is -1.23. The Balaban J connectivity index is 3.76. The highest BCUT2D eigenvalue weighted by Gasteiger charge is 1.95. The quantitative estimate of drug-likeness (QED) is 0.406. The van der Waals surface area contributed by atoms with Gasteiger partial charge in [0.05, 0.1) is 7.11 Å². The van der Waals surface area contributed by atoms with Gasteiger partial charge in [-0.2, -0.15) is 0 Å². The molecule has 0 bridgehead atoms. The van der Waals surface area contributed by atoms with Crippen LogP contribution in [0.3, 0.4) is 0 Å². The Labute approximate surface area is 99.1 Å². The van der Waals surface area contributed by atoms with Crippen LogP contribution < -0.4 is 0 Å². The third-order valence-corrected chi connectivity index (χ3v) is 2.14. The van der Waals surface area contributed by atoms with Crippen LogP contribution in [0.5, 0.6) is 0 Å². The summed E-state index contributed by atoms with van der Waals surface area (Å²) in [6, 6.07) is 0. The highest BCUT2D eigenvalue weighted by Crippen LogP contribution is 2.04. The number of allylic oxidation sites excluding steroid dienone is 1. The van der Waals surface area contributed by atoms with Crippen LogP contribution >= 0.6 is 0 Å². The standard InChI is InChI=1S/C14H22O2/c1-12(2)8-5-6-9-13(3)10-7-11-14(15)16-4/h7,11-13H,5,8,10H2,1-4H3/b11-7+. The van der Waals surface area contributed by atoms with Crippen LogP contribution in [-0.4, -0.2) is 13.1 Å². The van der Waals surface area contributed by atoms with Crippen molar-refractivity contribution in [1.29, 1.82) is 0 Å².